The van der Waals surface area contributed by atoms with Crippen molar-refractivity contribution in [2.45, 2.75) is 13.8 Å². The first-order valence-corrected chi connectivity index (χ1v) is 9.13. The highest BCUT2D eigenvalue weighted by atomic mass is 32.1. The highest BCUT2D eigenvalue weighted by Crippen LogP contribution is 2.20. The molecule has 6 nitrogen and oxygen atoms in total. The van der Waals surface area contributed by atoms with E-state index >= 15 is 0 Å². The Hall–Kier alpha value is -3.37. The number of rotatable bonds is 4. The lowest BCUT2D eigenvalue weighted by Crippen LogP contribution is -2.23. The molecule has 3 rings (SSSR count). The number of carbonyl (C=O) groups is 1. The van der Waals surface area contributed by atoms with Crippen LogP contribution in [0.3, 0.4) is 0 Å². The summed E-state index contributed by atoms with van der Waals surface area (Å²) in [4.78, 5) is 26.3. The molecule has 7 heteroatoms. The summed E-state index contributed by atoms with van der Waals surface area (Å²) in [6.45, 7) is 3.66. The topological polar surface area (TPSA) is 79.8 Å². The number of nitrogens with one attached hydrogen (secondary N) is 1. The number of hydrogen-bond donors (Lipinski definition) is 1. The Bertz CT molecular complexity index is 1130. The maximum Gasteiger partial charge on any atom is 0.295 e. The Labute approximate surface area is 160 Å². The van der Waals surface area contributed by atoms with Crippen molar-refractivity contribution >= 4 is 29.0 Å². The second-order valence-corrected chi connectivity index (χ2v) is 6.98. The van der Waals surface area contributed by atoms with Crippen molar-refractivity contribution in [2.75, 3.05) is 5.32 Å². The molecule has 2 heterocycles. The molecule has 0 spiro atoms. The second kappa shape index (κ2) is 7.48. The monoisotopic (exact) mass is 378 g/mol. The zero-order valence-corrected chi connectivity index (χ0v) is 16.0. The number of thiophene rings is 1. The van der Waals surface area contributed by atoms with E-state index in [1.807, 2.05) is 54.8 Å². The van der Waals surface area contributed by atoms with Crippen LogP contribution < -0.4 is 10.9 Å². The molecule has 0 unspecified atom stereocenters. The minimum absolute atomic E-state index is 0.0468. The number of aryl methyl sites for hydroxylation is 1. The number of para-hydroxylation sites is 1. The molecule has 0 radical (unpaired) electrons. The third-order valence-electron chi connectivity index (χ3n) is 4.33. The number of benzene rings is 1. The molecule has 2 aromatic heterocycles. The molecule has 0 saturated heterocycles. The Morgan fingerprint density at radius 1 is 1.22 bits per heavy atom. The van der Waals surface area contributed by atoms with Crippen LogP contribution in [0.25, 0.3) is 11.8 Å². The second-order valence-electron chi connectivity index (χ2n) is 6.03. The standard InChI is InChI=1S/C20H18N4O2S/c1-13-9-10-27-17(13)11-15(12-21)19(25)22-18-14(2)23(3)24(20(18)26)16-7-5-4-6-8-16/h4-11H,1-3H3,(H,22,25)/b15-11+. The molecule has 0 aliphatic rings. The minimum Gasteiger partial charge on any atom is -0.315 e. The molecule has 0 aliphatic heterocycles. The van der Waals surface area contributed by atoms with Crippen molar-refractivity contribution < 1.29 is 4.79 Å². The quantitative estimate of drug-likeness (QED) is 0.558. The first-order valence-electron chi connectivity index (χ1n) is 8.25. The van der Waals surface area contributed by atoms with E-state index in [1.54, 1.807) is 24.7 Å². The Morgan fingerprint density at radius 3 is 2.52 bits per heavy atom. The van der Waals surface area contributed by atoms with Gasteiger partial charge >= 0.3 is 0 Å². The molecular formula is C20H18N4O2S. The van der Waals surface area contributed by atoms with E-state index in [1.165, 1.54) is 16.0 Å². The van der Waals surface area contributed by atoms with Gasteiger partial charge in [-0.05, 0) is 49.1 Å². The van der Waals surface area contributed by atoms with E-state index in [9.17, 15) is 14.9 Å². The van der Waals surface area contributed by atoms with Gasteiger partial charge in [0.05, 0.1) is 11.4 Å². The molecule has 136 valence electrons. The van der Waals surface area contributed by atoms with Crippen molar-refractivity contribution in [3.05, 3.63) is 73.8 Å². The molecule has 3 aromatic rings. The van der Waals surface area contributed by atoms with Gasteiger partial charge in [-0.3, -0.25) is 14.3 Å². The Kier molecular flexibility index (Phi) is 5.10. The number of carbonyl (C=O) groups excluding carboxylic acids is 1. The maximum absolute atomic E-state index is 12.9. The lowest BCUT2D eigenvalue weighted by molar-refractivity contribution is -0.112. The van der Waals surface area contributed by atoms with E-state index in [0.29, 0.717) is 11.4 Å². The first kappa shape index (κ1) is 18.4. The lowest BCUT2D eigenvalue weighted by atomic mass is 10.2. The van der Waals surface area contributed by atoms with Crippen LogP contribution in [0.5, 0.6) is 0 Å². The predicted molar refractivity (Wildman–Crippen MR) is 107 cm³/mol. The van der Waals surface area contributed by atoms with Crippen LogP contribution in [-0.4, -0.2) is 15.3 Å². The minimum atomic E-state index is -0.601. The first-order chi connectivity index (χ1) is 12.9. The SMILES string of the molecule is Cc1ccsc1/C=C(\C#N)C(=O)Nc1c(C)n(C)n(-c2ccccc2)c1=O. The summed E-state index contributed by atoms with van der Waals surface area (Å²) in [6, 6.07) is 13.0. The van der Waals surface area contributed by atoms with E-state index in [4.69, 9.17) is 0 Å². The highest BCUT2D eigenvalue weighted by molar-refractivity contribution is 7.11. The van der Waals surface area contributed by atoms with Crippen LogP contribution >= 0.6 is 11.3 Å². The van der Waals surface area contributed by atoms with E-state index in [-0.39, 0.29) is 16.8 Å². The normalized spacial score (nSPS) is 11.3. The van der Waals surface area contributed by atoms with Crippen LogP contribution in [0.4, 0.5) is 5.69 Å². The molecule has 0 saturated carbocycles. The van der Waals surface area contributed by atoms with Crippen molar-refractivity contribution in [3.63, 3.8) is 0 Å². The molecule has 1 N–H and O–H groups in total. The van der Waals surface area contributed by atoms with E-state index in [2.05, 4.69) is 5.32 Å². The van der Waals surface area contributed by atoms with Crippen molar-refractivity contribution in [1.29, 1.82) is 5.26 Å². The van der Waals surface area contributed by atoms with Gasteiger partial charge in [-0.25, -0.2) is 4.68 Å². The third kappa shape index (κ3) is 3.48. The van der Waals surface area contributed by atoms with Gasteiger partial charge in [0, 0.05) is 11.9 Å². The van der Waals surface area contributed by atoms with Crippen LogP contribution in [-0.2, 0) is 11.8 Å². The summed E-state index contributed by atoms with van der Waals surface area (Å²) in [5.41, 5.74) is 2.05. The van der Waals surface area contributed by atoms with Crippen molar-refractivity contribution in [3.8, 4) is 11.8 Å². The summed E-state index contributed by atoms with van der Waals surface area (Å²) >= 11 is 1.45. The lowest BCUT2D eigenvalue weighted by Gasteiger charge is -2.07. The van der Waals surface area contributed by atoms with Gasteiger partial charge in [0.1, 0.15) is 17.3 Å². The largest absolute Gasteiger partial charge is 0.315 e. The maximum atomic E-state index is 12.9. The molecule has 0 fully saturated rings. The molecule has 1 aromatic carbocycles. The van der Waals surface area contributed by atoms with Gasteiger partial charge in [0.2, 0.25) is 0 Å². The summed E-state index contributed by atoms with van der Waals surface area (Å²) in [7, 11) is 1.75. The highest BCUT2D eigenvalue weighted by Gasteiger charge is 2.20. The molecule has 0 atom stereocenters. The number of amides is 1. The predicted octanol–water partition coefficient (Wildman–Crippen LogP) is 3.40. The third-order valence-corrected chi connectivity index (χ3v) is 5.30. The fourth-order valence-corrected chi connectivity index (χ4v) is 3.56. The van der Waals surface area contributed by atoms with Gasteiger partial charge in [0.15, 0.2) is 0 Å². The zero-order chi connectivity index (χ0) is 19.6. The number of anilines is 1. The zero-order valence-electron chi connectivity index (χ0n) is 15.2. The average Bonchev–Trinajstić information content (AvgIpc) is 3.16. The molecule has 27 heavy (non-hydrogen) atoms. The van der Waals surface area contributed by atoms with Crippen LogP contribution in [0.15, 0.2) is 52.1 Å². The fourth-order valence-electron chi connectivity index (χ4n) is 2.71. The summed E-state index contributed by atoms with van der Waals surface area (Å²) in [6.07, 6.45) is 1.54. The van der Waals surface area contributed by atoms with Crippen LogP contribution in [0.2, 0.25) is 0 Å². The Balaban J connectivity index is 1.98. The number of hydrogen-bond acceptors (Lipinski definition) is 4. The van der Waals surface area contributed by atoms with E-state index in [0.717, 1.165) is 10.4 Å². The smallest absolute Gasteiger partial charge is 0.295 e. The molecular weight excluding hydrogens is 360 g/mol. The van der Waals surface area contributed by atoms with E-state index < -0.39 is 5.91 Å². The van der Waals surface area contributed by atoms with Gasteiger partial charge in [-0.2, -0.15) is 5.26 Å². The molecule has 0 aliphatic carbocycles. The van der Waals surface area contributed by atoms with Crippen molar-refractivity contribution in [2.24, 2.45) is 7.05 Å². The van der Waals surface area contributed by atoms with Gasteiger partial charge < -0.3 is 5.32 Å². The molecule has 1 amide bonds. The van der Waals surface area contributed by atoms with Gasteiger partial charge in [0.25, 0.3) is 11.5 Å². The number of nitrogens with zero attached hydrogens (tertiary/aromatic N) is 3. The van der Waals surface area contributed by atoms with Crippen LogP contribution in [0, 0.1) is 25.2 Å². The Morgan fingerprint density at radius 2 is 1.93 bits per heavy atom. The van der Waals surface area contributed by atoms with Crippen molar-refractivity contribution in [1.82, 2.24) is 9.36 Å². The van der Waals surface area contributed by atoms with Gasteiger partial charge in [-0.15, -0.1) is 11.3 Å². The van der Waals surface area contributed by atoms with Gasteiger partial charge in [-0.1, -0.05) is 18.2 Å². The summed E-state index contributed by atoms with van der Waals surface area (Å²) < 4.78 is 3.15. The fraction of sp³-hybridized carbons (Fsp3) is 0.150. The molecule has 0 bridgehead atoms. The van der Waals surface area contributed by atoms with Crippen LogP contribution in [0.1, 0.15) is 16.1 Å². The number of nitriles is 1. The summed E-state index contributed by atoms with van der Waals surface area (Å²) in [5.74, 6) is -0.601. The summed E-state index contributed by atoms with van der Waals surface area (Å²) in [5, 5.41) is 13.9. The average molecular weight is 378 g/mol. The number of aromatic nitrogens is 2.